The fourth-order valence-corrected chi connectivity index (χ4v) is 1.73. The summed E-state index contributed by atoms with van der Waals surface area (Å²) >= 11 is 5.46. The third kappa shape index (κ3) is 2.57. The van der Waals surface area contributed by atoms with Crippen LogP contribution in [-0.4, -0.2) is 14.9 Å². The van der Waals surface area contributed by atoms with E-state index in [0.717, 1.165) is 18.3 Å². The molecular weight excluding hydrogens is 288 g/mol. The highest BCUT2D eigenvalue weighted by Crippen LogP contribution is 2.34. The lowest BCUT2D eigenvalue weighted by atomic mass is 10.2. The summed E-state index contributed by atoms with van der Waals surface area (Å²) in [5.41, 5.74) is -1.66. The van der Waals surface area contributed by atoms with Crippen LogP contribution in [0, 0.1) is 5.82 Å². The van der Waals surface area contributed by atoms with Gasteiger partial charge < -0.3 is 5.11 Å². The number of alkyl halides is 3. The predicted molar refractivity (Wildman–Crippen MR) is 59.5 cm³/mol. The number of halogens is 5. The molecule has 1 N–H and O–H groups in total. The highest BCUT2D eigenvalue weighted by atomic mass is 35.5. The monoisotopic (exact) mass is 294 g/mol. The zero-order valence-electron chi connectivity index (χ0n) is 9.25. The third-order valence-electron chi connectivity index (χ3n) is 2.43. The van der Waals surface area contributed by atoms with Gasteiger partial charge in [0.15, 0.2) is 5.69 Å². The maximum atomic E-state index is 13.3. The first-order valence-corrected chi connectivity index (χ1v) is 5.42. The smallest absolute Gasteiger partial charge is 0.392 e. The second-order valence-electron chi connectivity index (χ2n) is 3.68. The molecule has 0 aliphatic carbocycles. The van der Waals surface area contributed by atoms with Crippen LogP contribution in [0.3, 0.4) is 0 Å². The molecule has 0 radical (unpaired) electrons. The van der Waals surface area contributed by atoms with Crippen LogP contribution in [0.2, 0.25) is 5.02 Å². The molecule has 0 saturated heterocycles. The lowest BCUT2D eigenvalue weighted by Crippen LogP contribution is -2.15. The predicted octanol–water partition coefficient (Wildman–Crippen LogP) is 3.18. The Bertz CT molecular complexity index is 609. The van der Waals surface area contributed by atoms with Crippen molar-refractivity contribution in [3.8, 4) is 5.69 Å². The summed E-state index contributed by atoms with van der Waals surface area (Å²) in [7, 11) is 0. The van der Waals surface area contributed by atoms with Gasteiger partial charge in [-0.25, -0.2) is 9.07 Å². The SMILES string of the molecule is OCc1cnn(-c2ccc(Cl)c(F)c2)c1C(F)(F)F. The van der Waals surface area contributed by atoms with Gasteiger partial charge in [0, 0.05) is 11.6 Å². The highest BCUT2D eigenvalue weighted by molar-refractivity contribution is 6.30. The van der Waals surface area contributed by atoms with E-state index in [1.165, 1.54) is 6.07 Å². The number of aliphatic hydroxyl groups is 1. The van der Waals surface area contributed by atoms with E-state index in [0.29, 0.717) is 4.68 Å². The Morgan fingerprint density at radius 3 is 2.53 bits per heavy atom. The third-order valence-corrected chi connectivity index (χ3v) is 2.74. The van der Waals surface area contributed by atoms with E-state index < -0.39 is 24.3 Å². The van der Waals surface area contributed by atoms with Gasteiger partial charge in [-0.1, -0.05) is 11.6 Å². The van der Waals surface area contributed by atoms with Gasteiger partial charge in [-0.05, 0) is 12.1 Å². The second-order valence-corrected chi connectivity index (χ2v) is 4.09. The molecule has 19 heavy (non-hydrogen) atoms. The number of hydrogen-bond acceptors (Lipinski definition) is 2. The Balaban J connectivity index is 2.62. The highest BCUT2D eigenvalue weighted by Gasteiger charge is 2.38. The van der Waals surface area contributed by atoms with Crippen molar-refractivity contribution in [1.29, 1.82) is 0 Å². The largest absolute Gasteiger partial charge is 0.433 e. The second kappa shape index (κ2) is 4.82. The number of hydrogen-bond donors (Lipinski definition) is 1. The van der Waals surface area contributed by atoms with Crippen molar-refractivity contribution in [2.24, 2.45) is 0 Å². The number of aliphatic hydroxyl groups excluding tert-OH is 1. The molecule has 8 heteroatoms. The molecule has 0 spiro atoms. The molecule has 0 aliphatic rings. The molecule has 1 heterocycles. The number of rotatable bonds is 2. The van der Waals surface area contributed by atoms with Crippen LogP contribution in [0.4, 0.5) is 17.6 Å². The summed E-state index contributed by atoms with van der Waals surface area (Å²) < 4.78 is 52.5. The first-order chi connectivity index (χ1) is 8.84. The van der Waals surface area contributed by atoms with Gasteiger partial charge in [-0.2, -0.15) is 18.3 Å². The molecule has 0 unspecified atom stereocenters. The van der Waals surface area contributed by atoms with Crippen molar-refractivity contribution >= 4 is 11.6 Å². The molecule has 0 amide bonds. The van der Waals surface area contributed by atoms with Crippen LogP contribution in [-0.2, 0) is 12.8 Å². The Labute approximate surface area is 110 Å². The van der Waals surface area contributed by atoms with E-state index >= 15 is 0 Å². The standard InChI is InChI=1S/C11H7ClF4N2O/c12-8-2-1-7(3-9(8)13)18-10(11(14,15)16)6(5-19)4-17-18/h1-4,19H,5H2. The fourth-order valence-electron chi connectivity index (χ4n) is 1.61. The average molecular weight is 295 g/mol. The van der Waals surface area contributed by atoms with Crippen molar-refractivity contribution in [1.82, 2.24) is 9.78 Å². The number of nitrogens with zero attached hydrogens (tertiary/aromatic N) is 2. The van der Waals surface area contributed by atoms with E-state index in [4.69, 9.17) is 16.7 Å². The Hall–Kier alpha value is -1.60. The van der Waals surface area contributed by atoms with Gasteiger partial charge in [0.25, 0.3) is 0 Å². The minimum absolute atomic E-state index is 0.131. The molecule has 0 aliphatic heterocycles. The van der Waals surface area contributed by atoms with E-state index in [-0.39, 0.29) is 16.3 Å². The number of benzene rings is 1. The molecule has 1 aromatic carbocycles. The lowest BCUT2D eigenvalue weighted by Gasteiger charge is -2.12. The Morgan fingerprint density at radius 1 is 1.32 bits per heavy atom. The van der Waals surface area contributed by atoms with Crippen LogP contribution >= 0.6 is 11.6 Å². The molecule has 0 saturated carbocycles. The lowest BCUT2D eigenvalue weighted by molar-refractivity contribution is -0.143. The van der Waals surface area contributed by atoms with Gasteiger partial charge in [-0.15, -0.1) is 0 Å². The molecule has 102 valence electrons. The zero-order valence-corrected chi connectivity index (χ0v) is 10.0. The van der Waals surface area contributed by atoms with Crippen LogP contribution in [0.25, 0.3) is 5.69 Å². The summed E-state index contributed by atoms with van der Waals surface area (Å²) in [5, 5.41) is 12.2. The van der Waals surface area contributed by atoms with Crippen molar-refractivity contribution in [3.63, 3.8) is 0 Å². The summed E-state index contributed by atoms with van der Waals surface area (Å²) in [6, 6.07) is 3.17. The molecule has 2 rings (SSSR count). The molecule has 0 fully saturated rings. The van der Waals surface area contributed by atoms with Gasteiger partial charge in [0.05, 0.1) is 23.5 Å². The molecule has 0 bridgehead atoms. The van der Waals surface area contributed by atoms with Crippen molar-refractivity contribution in [3.05, 3.63) is 46.5 Å². The average Bonchev–Trinajstić information content (AvgIpc) is 2.76. The molecule has 0 atom stereocenters. The number of aromatic nitrogens is 2. The molecule has 3 nitrogen and oxygen atoms in total. The maximum absolute atomic E-state index is 13.3. The van der Waals surface area contributed by atoms with Crippen LogP contribution in [0.5, 0.6) is 0 Å². The fraction of sp³-hybridized carbons (Fsp3) is 0.182. The Kier molecular flexibility index (Phi) is 3.51. The minimum atomic E-state index is -4.72. The maximum Gasteiger partial charge on any atom is 0.433 e. The van der Waals surface area contributed by atoms with Gasteiger partial charge in [0.1, 0.15) is 5.82 Å². The topological polar surface area (TPSA) is 38.1 Å². The van der Waals surface area contributed by atoms with Crippen LogP contribution < -0.4 is 0 Å². The quantitative estimate of drug-likeness (QED) is 0.864. The van der Waals surface area contributed by atoms with E-state index in [9.17, 15) is 17.6 Å². The zero-order chi connectivity index (χ0) is 14.2. The van der Waals surface area contributed by atoms with Crippen molar-refractivity contribution in [2.75, 3.05) is 0 Å². The summed E-state index contributed by atoms with van der Waals surface area (Å²) in [6.07, 6.45) is -3.83. The van der Waals surface area contributed by atoms with Crippen LogP contribution in [0.1, 0.15) is 11.3 Å². The summed E-state index contributed by atoms with van der Waals surface area (Å²) in [4.78, 5) is 0. The Morgan fingerprint density at radius 2 is 2.00 bits per heavy atom. The summed E-state index contributed by atoms with van der Waals surface area (Å²) in [5.74, 6) is -0.853. The van der Waals surface area contributed by atoms with E-state index in [2.05, 4.69) is 5.10 Å². The van der Waals surface area contributed by atoms with Gasteiger partial charge in [-0.3, -0.25) is 0 Å². The van der Waals surface area contributed by atoms with E-state index in [1.54, 1.807) is 0 Å². The first-order valence-electron chi connectivity index (χ1n) is 5.05. The molecule has 1 aromatic heterocycles. The van der Waals surface area contributed by atoms with Crippen LogP contribution in [0.15, 0.2) is 24.4 Å². The molecule has 2 aromatic rings. The van der Waals surface area contributed by atoms with Gasteiger partial charge in [0.2, 0.25) is 0 Å². The van der Waals surface area contributed by atoms with Crippen molar-refractivity contribution < 1.29 is 22.7 Å². The van der Waals surface area contributed by atoms with E-state index in [1.807, 2.05) is 0 Å². The minimum Gasteiger partial charge on any atom is -0.392 e. The normalized spacial score (nSPS) is 11.9. The van der Waals surface area contributed by atoms with Crippen molar-refractivity contribution in [2.45, 2.75) is 12.8 Å². The molecular formula is C11H7ClF4N2O. The first kappa shape index (κ1) is 13.8. The summed E-state index contributed by atoms with van der Waals surface area (Å²) in [6.45, 7) is -0.815. The van der Waals surface area contributed by atoms with Gasteiger partial charge >= 0.3 is 6.18 Å².